The van der Waals surface area contributed by atoms with E-state index in [0.717, 1.165) is 5.56 Å². The highest BCUT2D eigenvalue weighted by Crippen LogP contribution is 2.30. The van der Waals surface area contributed by atoms with E-state index < -0.39 is 18.0 Å². The average molecular weight is 346 g/mol. The van der Waals surface area contributed by atoms with Crippen molar-refractivity contribution >= 4 is 0 Å². The Morgan fingerprint density at radius 3 is 2.76 bits per heavy atom. The molecule has 1 aromatic heterocycles. The van der Waals surface area contributed by atoms with Gasteiger partial charge in [-0.2, -0.15) is 0 Å². The van der Waals surface area contributed by atoms with Crippen molar-refractivity contribution in [2.45, 2.75) is 44.8 Å². The first-order valence-electron chi connectivity index (χ1n) is 8.38. The summed E-state index contributed by atoms with van der Waals surface area (Å²) in [5, 5.41) is 9.56. The number of aliphatic hydroxyl groups excluding tert-OH is 1. The first kappa shape index (κ1) is 17.6. The van der Waals surface area contributed by atoms with E-state index in [1.54, 1.807) is 0 Å². The summed E-state index contributed by atoms with van der Waals surface area (Å²) < 4.78 is 13.0. The molecule has 1 fully saturated rings. The molecule has 3 rings (SSSR count). The third-order valence-corrected chi connectivity index (χ3v) is 4.40. The molecule has 1 saturated heterocycles. The van der Waals surface area contributed by atoms with Crippen molar-refractivity contribution in [3.05, 3.63) is 68.5 Å². The third-order valence-electron chi connectivity index (χ3n) is 4.40. The van der Waals surface area contributed by atoms with Gasteiger partial charge < -0.3 is 14.6 Å². The van der Waals surface area contributed by atoms with Gasteiger partial charge in [0.15, 0.2) is 0 Å². The largest absolute Gasteiger partial charge is 0.394 e. The lowest BCUT2D eigenvalue weighted by Crippen LogP contribution is -2.34. The van der Waals surface area contributed by atoms with Gasteiger partial charge in [0.1, 0.15) is 12.3 Å². The van der Waals surface area contributed by atoms with Gasteiger partial charge in [-0.3, -0.25) is 14.3 Å². The highest BCUT2D eigenvalue weighted by Gasteiger charge is 2.37. The number of hydrogen-bond acceptors (Lipinski definition) is 5. The second-order valence-corrected chi connectivity index (χ2v) is 6.06. The smallest absolute Gasteiger partial charge is 0.330 e. The molecule has 2 N–H and O–H groups in total. The van der Waals surface area contributed by atoms with E-state index in [1.807, 2.05) is 37.3 Å². The molecule has 1 aromatic carbocycles. The summed E-state index contributed by atoms with van der Waals surface area (Å²) in [6, 6.07) is 9.72. The van der Waals surface area contributed by atoms with Crippen molar-refractivity contribution in [3.8, 4) is 0 Å². The number of nitrogens with one attached hydrogen (secondary N) is 1. The summed E-state index contributed by atoms with van der Waals surface area (Å²) in [6.07, 6.45) is 1.04. The number of ether oxygens (including phenoxy) is 2. The normalized spacial score (nSPS) is 23.0. The molecular formula is C18H22N2O5. The maximum Gasteiger partial charge on any atom is 0.330 e. The minimum absolute atomic E-state index is 0.200. The van der Waals surface area contributed by atoms with Crippen LogP contribution in [0.3, 0.4) is 0 Å². The summed E-state index contributed by atoms with van der Waals surface area (Å²) in [5.41, 5.74) is 0.638. The molecule has 3 atom stereocenters. The van der Waals surface area contributed by atoms with Crippen LogP contribution in [-0.2, 0) is 22.5 Å². The molecular weight excluding hydrogens is 324 g/mol. The molecule has 0 spiro atoms. The summed E-state index contributed by atoms with van der Waals surface area (Å²) in [4.78, 5) is 26.1. The first-order valence-corrected chi connectivity index (χ1v) is 8.38. The average Bonchev–Trinajstić information content (AvgIpc) is 3.04. The van der Waals surface area contributed by atoms with Crippen molar-refractivity contribution < 1.29 is 14.6 Å². The Hall–Kier alpha value is -2.22. The Morgan fingerprint density at radius 2 is 2.08 bits per heavy atom. The van der Waals surface area contributed by atoms with Gasteiger partial charge in [-0.05, 0) is 12.0 Å². The van der Waals surface area contributed by atoms with Crippen molar-refractivity contribution in [2.75, 3.05) is 6.61 Å². The molecule has 0 radical (unpaired) electrons. The van der Waals surface area contributed by atoms with Gasteiger partial charge >= 0.3 is 5.69 Å². The van der Waals surface area contributed by atoms with Crippen LogP contribution in [0.4, 0.5) is 0 Å². The van der Waals surface area contributed by atoms with Crippen molar-refractivity contribution in [3.63, 3.8) is 0 Å². The lowest BCUT2D eigenvalue weighted by atomic mass is 10.1. The second kappa shape index (κ2) is 7.77. The zero-order chi connectivity index (χ0) is 17.8. The number of rotatable bonds is 6. The number of hydrogen-bond donors (Lipinski definition) is 2. The number of aromatic amines is 1. The molecule has 1 aliphatic heterocycles. The number of benzene rings is 1. The van der Waals surface area contributed by atoms with Crippen molar-refractivity contribution in [1.82, 2.24) is 9.55 Å². The molecule has 2 heterocycles. The SMILES string of the molecule is CCc1cn([C@H]2C[C@H](OCc3ccccc3)[C@@H](CO)O2)c(=O)[nH]c1=O. The number of nitrogens with zero attached hydrogens (tertiary/aromatic N) is 1. The summed E-state index contributed by atoms with van der Waals surface area (Å²) in [7, 11) is 0. The Bertz CT molecular complexity index is 814. The summed E-state index contributed by atoms with van der Waals surface area (Å²) in [6.45, 7) is 2.05. The van der Waals surface area contributed by atoms with Gasteiger partial charge in [0.25, 0.3) is 5.56 Å². The fourth-order valence-electron chi connectivity index (χ4n) is 2.98. The number of aromatic nitrogens is 2. The quantitative estimate of drug-likeness (QED) is 0.813. The maximum absolute atomic E-state index is 12.1. The summed E-state index contributed by atoms with van der Waals surface area (Å²) >= 11 is 0. The number of aryl methyl sites for hydroxylation is 1. The lowest BCUT2D eigenvalue weighted by Gasteiger charge is -2.16. The van der Waals surface area contributed by atoms with Crippen molar-refractivity contribution in [2.24, 2.45) is 0 Å². The lowest BCUT2D eigenvalue weighted by molar-refractivity contribution is -0.0658. The molecule has 0 amide bonds. The molecule has 7 heteroatoms. The van der Waals surface area contributed by atoms with Crippen LogP contribution in [0.25, 0.3) is 0 Å². The summed E-state index contributed by atoms with van der Waals surface area (Å²) in [5.74, 6) is 0. The van der Waals surface area contributed by atoms with Crippen LogP contribution in [0.1, 0.15) is 30.7 Å². The minimum atomic E-state index is -0.576. The van der Waals surface area contributed by atoms with E-state index >= 15 is 0 Å². The Kier molecular flexibility index (Phi) is 5.47. The standard InChI is InChI=1S/C18H22N2O5/c1-2-13-9-20(18(23)19-17(13)22)16-8-14(15(10-21)25-16)24-11-12-6-4-3-5-7-12/h3-7,9,14-16,21H,2,8,10-11H2,1H3,(H,19,22,23)/t14-,15+,16+/m0/s1. The highest BCUT2D eigenvalue weighted by atomic mass is 16.6. The van der Waals surface area contributed by atoms with E-state index in [-0.39, 0.29) is 18.3 Å². The molecule has 2 aromatic rings. The van der Waals surface area contributed by atoms with Crippen LogP contribution >= 0.6 is 0 Å². The Morgan fingerprint density at radius 1 is 1.32 bits per heavy atom. The Labute approximate surface area is 144 Å². The number of aliphatic hydroxyl groups is 1. The van der Waals surface area contributed by atoms with E-state index in [1.165, 1.54) is 10.8 Å². The van der Waals surface area contributed by atoms with Gasteiger partial charge in [0.2, 0.25) is 0 Å². The zero-order valence-corrected chi connectivity index (χ0v) is 14.1. The van der Waals surface area contributed by atoms with Crippen LogP contribution < -0.4 is 11.2 Å². The molecule has 1 aliphatic rings. The third kappa shape index (κ3) is 3.89. The molecule has 134 valence electrons. The van der Waals surface area contributed by atoms with Crippen LogP contribution in [0, 0.1) is 0 Å². The van der Waals surface area contributed by atoms with Crippen LogP contribution in [0.2, 0.25) is 0 Å². The Balaban J connectivity index is 1.75. The predicted molar refractivity (Wildman–Crippen MR) is 91.3 cm³/mol. The van der Waals surface area contributed by atoms with Gasteiger partial charge in [-0.15, -0.1) is 0 Å². The fourth-order valence-corrected chi connectivity index (χ4v) is 2.98. The molecule has 7 nitrogen and oxygen atoms in total. The topological polar surface area (TPSA) is 93.6 Å². The monoisotopic (exact) mass is 346 g/mol. The molecule has 25 heavy (non-hydrogen) atoms. The first-order chi connectivity index (χ1) is 12.1. The van der Waals surface area contributed by atoms with Crippen LogP contribution in [-0.4, -0.2) is 33.5 Å². The zero-order valence-electron chi connectivity index (χ0n) is 14.1. The van der Waals surface area contributed by atoms with E-state index in [0.29, 0.717) is 25.0 Å². The van der Waals surface area contributed by atoms with Gasteiger partial charge in [0.05, 0.1) is 19.3 Å². The van der Waals surface area contributed by atoms with Crippen molar-refractivity contribution in [1.29, 1.82) is 0 Å². The molecule has 0 unspecified atom stereocenters. The fraction of sp³-hybridized carbons (Fsp3) is 0.444. The second-order valence-electron chi connectivity index (χ2n) is 6.06. The van der Waals surface area contributed by atoms with Crippen LogP contribution in [0.15, 0.2) is 46.1 Å². The number of H-pyrrole nitrogens is 1. The molecule has 0 bridgehead atoms. The molecule has 0 aliphatic carbocycles. The van der Waals surface area contributed by atoms with E-state index in [9.17, 15) is 14.7 Å². The van der Waals surface area contributed by atoms with Gasteiger partial charge in [0, 0.05) is 18.2 Å². The minimum Gasteiger partial charge on any atom is -0.394 e. The van der Waals surface area contributed by atoms with E-state index in [2.05, 4.69) is 4.98 Å². The predicted octanol–water partition coefficient (Wildman–Crippen LogP) is 0.964. The molecule has 0 saturated carbocycles. The maximum atomic E-state index is 12.1. The van der Waals surface area contributed by atoms with Gasteiger partial charge in [-0.1, -0.05) is 37.3 Å². The van der Waals surface area contributed by atoms with Gasteiger partial charge in [-0.25, -0.2) is 4.79 Å². The highest BCUT2D eigenvalue weighted by molar-refractivity contribution is 5.13. The van der Waals surface area contributed by atoms with Crippen LogP contribution in [0.5, 0.6) is 0 Å². The van der Waals surface area contributed by atoms with E-state index in [4.69, 9.17) is 9.47 Å².